The molecule has 0 heterocycles. The minimum absolute atomic E-state index is 0.635. The predicted molar refractivity (Wildman–Crippen MR) is 71.2 cm³/mol. The number of ether oxygens (including phenoxy) is 1. The second-order valence-electron chi connectivity index (χ2n) is 4.14. The van der Waals surface area contributed by atoms with Gasteiger partial charge in [0.25, 0.3) is 0 Å². The van der Waals surface area contributed by atoms with E-state index in [4.69, 9.17) is 10.5 Å². The number of hydrogen-bond acceptors (Lipinski definition) is 2. The smallest absolute Gasteiger partial charge is 0.139 e. The van der Waals surface area contributed by atoms with E-state index >= 15 is 0 Å². The molecule has 0 bridgehead atoms. The Labute approximate surface area is 102 Å². The molecule has 2 rings (SSSR count). The van der Waals surface area contributed by atoms with Crippen LogP contribution in [0.25, 0.3) is 6.08 Å². The van der Waals surface area contributed by atoms with Crippen molar-refractivity contribution in [2.24, 2.45) is 5.73 Å². The Kier molecular flexibility index (Phi) is 3.57. The second kappa shape index (κ2) is 5.13. The van der Waals surface area contributed by atoms with E-state index in [1.54, 1.807) is 7.11 Å². The lowest BCUT2D eigenvalue weighted by molar-refractivity contribution is 0.0394. The van der Waals surface area contributed by atoms with Gasteiger partial charge in [0, 0.05) is 13.5 Å². The van der Waals surface area contributed by atoms with E-state index in [1.165, 1.54) is 5.56 Å². The largest absolute Gasteiger partial charge is 0.360 e. The van der Waals surface area contributed by atoms with E-state index in [0.717, 1.165) is 5.57 Å². The van der Waals surface area contributed by atoms with E-state index in [1.807, 2.05) is 30.4 Å². The summed E-state index contributed by atoms with van der Waals surface area (Å²) >= 11 is 0. The summed E-state index contributed by atoms with van der Waals surface area (Å²) in [5.41, 5.74) is 7.67. The van der Waals surface area contributed by atoms with Crippen LogP contribution in [0.5, 0.6) is 0 Å². The molecular formula is C15H17NO. The molecule has 1 atom stereocenters. The van der Waals surface area contributed by atoms with E-state index in [0.29, 0.717) is 6.42 Å². The maximum Gasteiger partial charge on any atom is 0.139 e. The topological polar surface area (TPSA) is 35.2 Å². The summed E-state index contributed by atoms with van der Waals surface area (Å²) in [5, 5.41) is 0. The van der Waals surface area contributed by atoms with Crippen LogP contribution >= 0.6 is 0 Å². The fraction of sp³-hybridized carbons (Fsp3) is 0.200. The van der Waals surface area contributed by atoms with Crippen LogP contribution in [0.3, 0.4) is 0 Å². The first kappa shape index (κ1) is 11.8. The van der Waals surface area contributed by atoms with Crippen molar-refractivity contribution in [3.8, 4) is 0 Å². The van der Waals surface area contributed by atoms with E-state index < -0.39 is 5.72 Å². The van der Waals surface area contributed by atoms with Crippen molar-refractivity contribution in [3.05, 3.63) is 65.8 Å². The quantitative estimate of drug-likeness (QED) is 0.806. The van der Waals surface area contributed by atoms with Gasteiger partial charge >= 0.3 is 0 Å². The van der Waals surface area contributed by atoms with E-state index in [9.17, 15) is 0 Å². The van der Waals surface area contributed by atoms with Crippen LogP contribution in [0.2, 0.25) is 0 Å². The molecule has 0 aromatic heterocycles. The lowest BCUT2D eigenvalue weighted by Gasteiger charge is -2.25. The minimum Gasteiger partial charge on any atom is -0.360 e. The molecule has 1 aliphatic carbocycles. The molecule has 1 unspecified atom stereocenters. The van der Waals surface area contributed by atoms with Gasteiger partial charge in [0.1, 0.15) is 5.72 Å². The molecular weight excluding hydrogens is 210 g/mol. The molecule has 1 aliphatic rings. The molecule has 0 spiro atoms. The Morgan fingerprint density at radius 1 is 1.24 bits per heavy atom. The Hall–Kier alpha value is -1.64. The van der Waals surface area contributed by atoms with Gasteiger partial charge in [0.15, 0.2) is 0 Å². The highest BCUT2D eigenvalue weighted by atomic mass is 16.5. The number of allylic oxidation sites excluding steroid dienone is 3. The number of methoxy groups -OCH3 is 1. The summed E-state index contributed by atoms with van der Waals surface area (Å²) in [6.45, 7) is 0. The van der Waals surface area contributed by atoms with Crippen molar-refractivity contribution in [3.63, 3.8) is 0 Å². The van der Waals surface area contributed by atoms with Crippen molar-refractivity contribution in [1.29, 1.82) is 0 Å². The first-order valence-corrected chi connectivity index (χ1v) is 5.68. The second-order valence-corrected chi connectivity index (χ2v) is 4.14. The number of benzene rings is 1. The van der Waals surface area contributed by atoms with Gasteiger partial charge in [-0.2, -0.15) is 0 Å². The van der Waals surface area contributed by atoms with Gasteiger partial charge in [-0.3, -0.25) is 5.73 Å². The summed E-state index contributed by atoms with van der Waals surface area (Å²) < 4.78 is 5.21. The van der Waals surface area contributed by atoms with E-state index in [-0.39, 0.29) is 0 Å². The molecule has 17 heavy (non-hydrogen) atoms. The third-order valence-electron chi connectivity index (χ3n) is 2.86. The Morgan fingerprint density at radius 2 is 2.00 bits per heavy atom. The fourth-order valence-corrected chi connectivity index (χ4v) is 1.68. The van der Waals surface area contributed by atoms with Gasteiger partial charge in [-0.1, -0.05) is 54.6 Å². The van der Waals surface area contributed by atoms with Crippen LogP contribution in [0.4, 0.5) is 0 Å². The molecule has 0 saturated heterocycles. The van der Waals surface area contributed by atoms with Gasteiger partial charge in [-0.05, 0) is 17.2 Å². The normalized spacial score (nSPS) is 24.0. The van der Waals surface area contributed by atoms with Crippen molar-refractivity contribution >= 4 is 6.08 Å². The average Bonchev–Trinajstić information content (AvgIpc) is 2.39. The Morgan fingerprint density at radius 3 is 2.59 bits per heavy atom. The summed E-state index contributed by atoms with van der Waals surface area (Å²) in [6, 6.07) is 10.2. The summed E-state index contributed by atoms with van der Waals surface area (Å²) in [5.74, 6) is 0. The first-order chi connectivity index (χ1) is 8.22. The van der Waals surface area contributed by atoms with Crippen LogP contribution in [-0.2, 0) is 4.74 Å². The molecule has 0 saturated carbocycles. The highest BCUT2D eigenvalue weighted by Crippen LogP contribution is 2.20. The third-order valence-corrected chi connectivity index (χ3v) is 2.86. The van der Waals surface area contributed by atoms with Gasteiger partial charge in [-0.15, -0.1) is 0 Å². The molecule has 2 heteroatoms. The third kappa shape index (κ3) is 3.16. The SMILES string of the molecule is COC1(N)C=CC(/C=C/c2ccccc2)=CC1. The van der Waals surface area contributed by atoms with Crippen LogP contribution in [-0.4, -0.2) is 12.8 Å². The molecule has 2 N–H and O–H groups in total. The van der Waals surface area contributed by atoms with Crippen LogP contribution < -0.4 is 5.73 Å². The van der Waals surface area contributed by atoms with Crippen molar-refractivity contribution < 1.29 is 4.74 Å². The van der Waals surface area contributed by atoms with E-state index in [2.05, 4.69) is 30.4 Å². The van der Waals surface area contributed by atoms with Crippen LogP contribution in [0.15, 0.2) is 60.2 Å². The monoisotopic (exact) mass is 227 g/mol. The zero-order chi connectivity index (χ0) is 12.1. The maximum absolute atomic E-state index is 5.95. The number of hydrogen-bond donors (Lipinski definition) is 1. The zero-order valence-corrected chi connectivity index (χ0v) is 9.97. The first-order valence-electron chi connectivity index (χ1n) is 5.68. The summed E-state index contributed by atoms with van der Waals surface area (Å²) in [7, 11) is 1.63. The van der Waals surface area contributed by atoms with Crippen LogP contribution in [0, 0.1) is 0 Å². The molecule has 0 radical (unpaired) electrons. The molecule has 88 valence electrons. The lowest BCUT2D eigenvalue weighted by atomic mass is 9.99. The minimum atomic E-state index is -0.635. The Bertz CT molecular complexity index is 459. The molecule has 1 aromatic rings. The molecule has 0 amide bonds. The van der Waals surface area contributed by atoms with Gasteiger partial charge < -0.3 is 4.74 Å². The molecule has 0 aliphatic heterocycles. The summed E-state index contributed by atoms with van der Waals surface area (Å²) in [4.78, 5) is 0. The highest BCUT2D eigenvalue weighted by molar-refractivity contribution is 5.55. The maximum atomic E-state index is 5.95. The molecule has 1 aromatic carbocycles. The zero-order valence-electron chi connectivity index (χ0n) is 9.97. The van der Waals surface area contributed by atoms with Crippen LogP contribution in [0.1, 0.15) is 12.0 Å². The molecule has 2 nitrogen and oxygen atoms in total. The fourth-order valence-electron chi connectivity index (χ4n) is 1.68. The Balaban J connectivity index is 2.03. The average molecular weight is 227 g/mol. The summed E-state index contributed by atoms with van der Waals surface area (Å²) in [6.07, 6.45) is 10.9. The predicted octanol–water partition coefficient (Wildman–Crippen LogP) is 2.89. The van der Waals surface area contributed by atoms with Gasteiger partial charge in [0.05, 0.1) is 0 Å². The van der Waals surface area contributed by atoms with Gasteiger partial charge in [-0.25, -0.2) is 0 Å². The number of rotatable bonds is 3. The van der Waals surface area contributed by atoms with Crippen molar-refractivity contribution in [2.75, 3.05) is 7.11 Å². The standard InChI is InChI=1S/C15H17NO/c1-17-15(16)11-9-14(10-12-15)8-7-13-5-3-2-4-6-13/h2-11H,12,16H2,1H3/b8-7+. The van der Waals surface area contributed by atoms with Gasteiger partial charge in [0.2, 0.25) is 0 Å². The van der Waals surface area contributed by atoms with Crippen molar-refractivity contribution in [2.45, 2.75) is 12.1 Å². The van der Waals surface area contributed by atoms with Crippen molar-refractivity contribution in [1.82, 2.24) is 0 Å². The molecule has 0 fully saturated rings. The highest BCUT2D eigenvalue weighted by Gasteiger charge is 2.21. The lowest BCUT2D eigenvalue weighted by Crippen LogP contribution is -2.40. The number of nitrogens with two attached hydrogens (primary N) is 1.